The number of hydrogen-bond acceptors (Lipinski definition) is 1. The highest BCUT2D eigenvalue weighted by molar-refractivity contribution is 9.10. The summed E-state index contributed by atoms with van der Waals surface area (Å²) in [6.45, 7) is 0. The number of halogens is 3. The topological polar surface area (TPSA) is 20.2 Å². The quantitative estimate of drug-likeness (QED) is 0.897. The van der Waals surface area contributed by atoms with E-state index in [1.165, 1.54) is 6.07 Å². The van der Waals surface area contributed by atoms with Gasteiger partial charge in [-0.25, -0.2) is 8.78 Å². The van der Waals surface area contributed by atoms with Gasteiger partial charge in [-0.2, -0.15) is 0 Å². The molecule has 1 N–H and O–H groups in total. The Kier molecular flexibility index (Phi) is 2.81. The van der Waals surface area contributed by atoms with Gasteiger partial charge < -0.3 is 5.11 Å². The summed E-state index contributed by atoms with van der Waals surface area (Å²) in [4.78, 5) is 0. The Labute approximate surface area is 95.2 Å². The van der Waals surface area contributed by atoms with Crippen LogP contribution in [0.2, 0.25) is 0 Å². The summed E-state index contributed by atoms with van der Waals surface area (Å²) in [7, 11) is 0. The van der Waals surface area contributed by atoms with Crippen LogP contribution in [0.15, 0.2) is 22.7 Å². The first-order valence-electron chi connectivity index (χ1n) is 4.79. The number of hydrogen-bond donors (Lipinski definition) is 1. The van der Waals surface area contributed by atoms with E-state index in [4.69, 9.17) is 0 Å². The summed E-state index contributed by atoms with van der Waals surface area (Å²) < 4.78 is 26.1. The molecular formula is C11H11BrF2O. The zero-order chi connectivity index (χ0) is 11.1. The number of aliphatic hydroxyl groups is 1. The molecule has 0 aliphatic heterocycles. The smallest absolute Gasteiger partial charge is 0.264 e. The van der Waals surface area contributed by atoms with Gasteiger partial charge in [0.15, 0.2) is 0 Å². The Balaban J connectivity index is 2.29. The molecular weight excluding hydrogens is 266 g/mol. The molecule has 82 valence electrons. The summed E-state index contributed by atoms with van der Waals surface area (Å²) in [5.74, 6) is 0. The van der Waals surface area contributed by atoms with Crippen LogP contribution in [0.4, 0.5) is 8.78 Å². The van der Waals surface area contributed by atoms with E-state index in [9.17, 15) is 13.9 Å². The highest BCUT2D eigenvalue weighted by Crippen LogP contribution is 2.40. The van der Waals surface area contributed by atoms with Crippen LogP contribution in [-0.4, -0.2) is 10.7 Å². The molecule has 1 saturated carbocycles. The van der Waals surface area contributed by atoms with Gasteiger partial charge in [0.1, 0.15) is 0 Å². The highest BCUT2D eigenvalue weighted by Gasteiger charge is 2.40. The largest absolute Gasteiger partial charge is 0.390 e. The van der Waals surface area contributed by atoms with Crippen LogP contribution in [0, 0.1) is 0 Å². The molecule has 0 unspecified atom stereocenters. The molecule has 0 amide bonds. The molecule has 1 fully saturated rings. The van der Waals surface area contributed by atoms with E-state index in [0.29, 0.717) is 24.8 Å². The lowest BCUT2D eigenvalue weighted by atomic mass is 10.0. The minimum Gasteiger partial charge on any atom is -0.390 e. The maximum atomic E-state index is 12.7. The zero-order valence-corrected chi connectivity index (χ0v) is 9.60. The van der Waals surface area contributed by atoms with Crippen molar-refractivity contribution in [1.82, 2.24) is 0 Å². The van der Waals surface area contributed by atoms with Gasteiger partial charge in [-0.15, -0.1) is 0 Å². The number of rotatable bonds is 3. The Bertz CT molecular complexity index is 375. The first kappa shape index (κ1) is 11.0. The Morgan fingerprint density at radius 1 is 1.40 bits per heavy atom. The van der Waals surface area contributed by atoms with Crippen molar-refractivity contribution in [3.05, 3.63) is 33.8 Å². The molecule has 0 atom stereocenters. The molecule has 0 bridgehead atoms. The second kappa shape index (κ2) is 3.83. The molecule has 0 spiro atoms. The van der Waals surface area contributed by atoms with E-state index in [1.807, 2.05) is 0 Å². The molecule has 0 radical (unpaired) electrons. The van der Waals surface area contributed by atoms with Crippen LogP contribution >= 0.6 is 15.9 Å². The standard InChI is InChI=1S/C11H11BrF2O/c12-8-1-2-9(10(13)14)7(5-8)6-11(15)3-4-11/h1-2,5,10,15H,3-4,6H2. The Morgan fingerprint density at radius 2 is 2.07 bits per heavy atom. The fourth-order valence-electron chi connectivity index (χ4n) is 1.62. The molecule has 0 saturated heterocycles. The van der Waals surface area contributed by atoms with Crippen LogP contribution < -0.4 is 0 Å². The third kappa shape index (κ3) is 2.55. The van der Waals surface area contributed by atoms with E-state index in [2.05, 4.69) is 15.9 Å². The lowest BCUT2D eigenvalue weighted by Gasteiger charge is -2.12. The first-order valence-corrected chi connectivity index (χ1v) is 5.58. The second-order valence-corrected chi connectivity index (χ2v) is 4.96. The average Bonchev–Trinajstić information content (AvgIpc) is 2.82. The summed E-state index contributed by atoms with van der Waals surface area (Å²) in [5.41, 5.74) is -0.164. The SMILES string of the molecule is OC1(Cc2cc(Br)ccc2C(F)F)CC1. The predicted molar refractivity (Wildman–Crippen MR) is 57.0 cm³/mol. The van der Waals surface area contributed by atoms with E-state index >= 15 is 0 Å². The van der Waals surface area contributed by atoms with E-state index in [0.717, 1.165) is 4.47 Å². The Hall–Kier alpha value is -0.480. The first-order chi connectivity index (χ1) is 7.00. The van der Waals surface area contributed by atoms with Crippen LogP contribution in [0.3, 0.4) is 0 Å². The average molecular weight is 277 g/mol. The van der Waals surface area contributed by atoms with Crippen molar-refractivity contribution >= 4 is 15.9 Å². The summed E-state index contributed by atoms with van der Waals surface area (Å²) >= 11 is 3.25. The molecule has 1 nitrogen and oxygen atoms in total. The molecule has 0 aromatic heterocycles. The number of alkyl halides is 2. The van der Waals surface area contributed by atoms with Crippen molar-refractivity contribution in [3.8, 4) is 0 Å². The fourth-order valence-corrected chi connectivity index (χ4v) is 2.02. The van der Waals surface area contributed by atoms with Crippen molar-refractivity contribution in [1.29, 1.82) is 0 Å². The zero-order valence-electron chi connectivity index (χ0n) is 8.01. The van der Waals surface area contributed by atoms with Gasteiger partial charge in [0.05, 0.1) is 5.60 Å². The van der Waals surface area contributed by atoms with Gasteiger partial charge in [-0.3, -0.25) is 0 Å². The summed E-state index contributed by atoms with van der Waals surface area (Å²) in [6.07, 6.45) is -0.730. The molecule has 1 aromatic rings. The second-order valence-electron chi connectivity index (χ2n) is 4.04. The van der Waals surface area contributed by atoms with Gasteiger partial charge in [0, 0.05) is 16.5 Å². The van der Waals surface area contributed by atoms with E-state index in [1.54, 1.807) is 12.1 Å². The number of benzene rings is 1. The lowest BCUT2D eigenvalue weighted by molar-refractivity contribution is 0.138. The van der Waals surface area contributed by atoms with E-state index in [-0.39, 0.29) is 5.56 Å². The van der Waals surface area contributed by atoms with Crippen LogP contribution in [0.1, 0.15) is 30.4 Å². The van der Waals surface area contributed by atoms with Crippen molar-refractivity contribution in [2.24, 2.45) is 0 Å². The normalized spacial score (nSPS) is 18.2. The van der Waals surface area contributed by atoms with Crippen molar-refractivity contribution in [2.75, 3.05) is 0 Å². The van der Waals surface area contributed by atoms with Gasteiger partial charge in [0.25, 0.3) is 6.43 Å². The van der Waals surface area contributed by atoms with Gasteiger partial charge in [-0.05, 0) is 30.5 Å². The lowest BCUT2D eigenvalue weighted by Crippen LogP contribution is -2.12. The third-order valence-electron chi connectivity index (χ3n) is 2.69. The van der Waals surface area contributed by atoms with Gasteiger partial charge >= 0.3 is 0 Å². The van der Waals surface area contributed by atoms with Gasteiger partial charge in [-0.1, -0.05) is 22.0 Å². The van der Waals surface area contributed by atoms with Crippen LogP contribution in [0.25, 0.3) is 0 Å². The minimum absolute atomic E-state index is 0.0264. The predicted octanol–water partition coefficient (Wildman–Crippen LogP) is 3.45. The fraction of sp³-hybridized carbons (Fsp3) is 0.455. The molecule has 1 aliphatic carbocycles. The van der Waals surface area contributed by atoms with Crippen LogP contribution in [-0.2, 0) is 6.42 Å². The van der Waals surface area contributed by atoms with Crippen molar-refractivity contribution in [2.45, 2.75) is 31.3 Å². The highest BCUT2D eigenvalue weighted by atomic mass is 79.9. The Morgan fingerprint density at radius 3 is 2.60 bits per heavy atom. The summed E-state index contributed by atoms with van der Waals surface area (Å²) in [5, 5.41) is 9.72. The monoisotopic (exact) mass is 276 g/mol. The van der Waals surface area contributed by atoms with Crippen LogP contribution in [0.5, 0.6) is 0 Å². The maximum absolute atomic E-state index is 12.7. The van der Waals surface area contributed by atoms with Crippen molar-refractivity contribution < 1.29 is 13.9 Å². The third-order valence-corrected chi connectivity index (χ3v) is 3.18. The molecule has 1 aromatic carbocycles. The summed E-state index contributed by atoms with van der Waals surface area (Å²) in [6, 6.07) is 4.68. The molecule has 1 aliphatic rings. The molecule has 4 heteroatoms. The minimum atomic E-state index is -2.48. The molecule has 2 rings (SSSR count). The maximum Gasteiger partial charge on any atom is 0.264 e. The molecule has 15 heavy (non-hydrogen) atoms. The van der Waals surface area contributed by atoms with E-state index < -0.39 is 12.0 Å². The van der Waals surface area contributed by atoms with Crippen molar-refractivity contribution in [3.63, 3.8) is 0 Å². The molecule has 0 heterocycles. The van der Waals surface area contributed by atoms with Gasteiger partial charge in [0.2, 0.25) is 0 Å².